The molecular weight excluding hydrogens is 214 g/mol. The molecule has 16 heavy (non-hydrogen) atoms. The number of carboxylic acids is 1. The quantitative estimate of drug-likeness (QED) is 0.841. The lowest BCUT2D eigenvalue weighted by Crippen LogP contribution is -2.19. The van der Waals surface area contributed by atoms with Crippen molar-refractivity contribution in [3.63, 3.8) is 0 Å². The SMILES string of the molecule is Cc1ccc(CC(CC(F)F)C(=O)O)cc1. The van der Waals surface area contributed by atoms with Gasteiger partial charge < -0.3 is 5.11 Å². The lowest BCUT2D eigenvalue weighted by atomic mass is 9.96. The molecule has 0 amide bonds. The Kier molecular flexibility index (Phi) is 4.40. The number of rotatable bonds is 5. The lowest BCUT2D eigenvalue weighted by Gasteiger charge is -2.11. The molecule has 0 saturated heterocycles. The molecule has 4 heteroatoms. The molecule has 0 radical (unpaired) electrons. The number of alkyl halides is 2. The minimum atomic E-state index is -2.58. The van der Waals surface area contributed by atoms with Crippen LogP contribution in [0.5, 0.6) is 0 Å². The Bertz CT molecular complexity index is 347. The van der Waals surface area contributed by atoms with Crippen LogP contribution < -0.4 is 0 Å². The van der Waals surface area contributed by atoms with Gasteiger partial charge in [-0.15, -0.1) is 0 Å². The topological polar surface area (TPSA) is 37.3 Å². The summed E-state index contributed by atoms with van der Waals surface area (Å²) in [5, 5.41) is 8.80. The average Bonchev–Trinajstić information content (AvgIpc) is 2.19. The van der Waals surface area contributed by atoms with Crippen molar-refractivity contribution in [2.75, 3.05) is 0 Å². The summed E-state index contributed by atoms with van der Waals surface area (Å²) in [5.41, 5.74) is 1.84. The van der Waals surface area contributed by atoms with Crippen LogP contribution in [-0.4, -0.2) is 17.5 Å². The second-order valence-electron chi connectivity index (χ2n) is 3.85. The van der Waals surface area contributed by atoms with E-state index in [1.165, 1.54) is 0 Å². The summed E-state index contributed by atoms with van der Waals surface area (Å²) in [7, 11) is 0. The number of aryl methyl sites for hydroxylation is 1. The number of carbonyl (C=O) groups is 1. The zero-order valence-electron chi connectivity index (χ0n) is 8.99. The molecule has 0 aromatic heterocycles. The second-order valence-corrected chi connectivity index (χ2v) is 3.85. The molecule has 1 rings (SSSR count). The Balaban J connectivity index is 2.68. The molecule has 1 aromatic rings. The fourth-order valence-electron chi connectivity index (χ4n) is 1.50. The Morgan fingerprint density at radius 2 is 1.88 bits per heavy atom. The first-order valence-corrected chi connectivity index (χ1v) is 5.05. The van der Waals surface area contributed by atoms with Crippen molar-refractivity contribution in [1.29, 1.82) is 0 Å². The van der Waals surface area contributed by atoms with Gasteiger partial charge in [0.05, 0.1) is 5.92 Å². The van der Waals surface area contributed by atoms with Crippen LogP contribution in [-0.2, 0) is 11.2 Å². The maximum atomic E-state index is 12.1. The number of carboxylic acid groups (broad SMARTS) is 1. The highest BCUT2D eigenvalue weighted by Crippen LogP contribution is 2.17. The zero-order valence-corrected chi connectivity index (χ0v) is 8.99. The van der Waals surface area contributed by atoms with E-state index in [1.807, 2.05) is 19.1 Å². The normalized spacial score (nSPS) is 12.8. The molecule has 0 aliphatic heterocycles. The molecule has 88 valence electrons. The number of aliphatic carboxylic acids is 1. The summed E-state index contributed by atoms with van der Waals surface area (Å²) in [6.45, 7) is 1.91. The fourth-order valence-corrected chi connectivity index (χ4v) is 1.50. The van der Waals surface area contributed by atoms with Gasteiger partial charge in [-0.1, -0.05) is 29.8 Å². The van der Waals surface area contributed by atoms with E-state index < -0.39 is 24.7 Å². The molecule has 0 fully saturated rings. The van der Waals surface area contributed by atoms with Crippen LogP contribution in [0.15, 0.2) is 24.3 Å². The highest BCUT2D eigenvalue weighted by atomic mass is 19.3. The third kappa shape index (κ3) is 3.96. The number of hydrogen-bond donors (Lipinski definition) is 1. The van der Waals surface area contributed by atoms with Gasteiger partial charge in [0, 0.05) is 6.42 Å². The van der Waals surface area contributed by atoms with E-state index >= 15 is 0 Å². The van der Waals surface area contributed by atoms with Crippen molar-refractivity contribution in [2.45, 2.75) is 26.2 Å². The summed E-state index contributed by atoms with van der Waals surface area (Å²) in [6, 6.07) is 7.24. The predicted octanol–water partition coefficient (Wildman–Crippen LogP) is 2.89. The molecule has 1 unspecified atom stereocenters. The van der Waals surface area contributed by atoms with E-state index in [9.17, 15) is 13.6 Å². The van der Waals surface area contributed by atoms with E-state index in [0.717, 1.165) is 11.1 Å². The molecule has 0 saturated carbocycles. The third-order valence-electron chi connectivity index (χ3n) is 2.41. The largest absolute Gasteiger partial charge is 0.481 e. The van der Waals surface area contributed by atoms with Crippen LogP contribution in [0.3, 0.4) is 0 Å². The molecule has 0 bridgehead atoms. The average molecular weight is 228 g/mol. The van der Waals surface area contributed by atoms with Crippen molar-refractivity contribution in [1.82, 2.24) is 0 Å². The van der Waals surface area contributed by atoms with Crippen molar-refractivity contribution < 1.29 is 18.7 Å². The first kappa shape index (κ1) is 12.6. The van der Waals surface area contributed by atoms with Crippen LogP contribution in [0.4, 0.5) is 8.78 Å². The van der Waals surface area contributed by atoms with Crippen LogP contribution in [0.25, 0.3) is 0 Å². The van der Waals surface area contributed by atoms with Gasteiger partial charge in [-0.2, -0.15) is 0 Å². The molecule has 0 aliphatic carbocycles. The zero-order chi connectivity index (χ0) is 12.1. The Labute approximate surface area is 92.9 Å². The molecular formula is C12H14F2O2. The van der Waals surface area contributed by atoms with E-state index in [4.69, 9.17) is 5.11 Å². The van der Waals surface area contributed by atoms with Gasteiger partial charge >= 0.3 is 5.97 Å². The van der Waals surface area contributed by atoms with E-state index in [0.29, 0.717) is 0 Å². The summed E-state index contributed by atoms with van der Waals surface area (Å²) >= 11 is 0. The molecule has 1 aromatic carbocycles. The Hall–Kier alpha value is -1.45. The van der Waals surface area contributed by atoms with Gasteiger partial charge in [-0.3, -0.25) is 4.79 Å². The van der Waals surface area contributed by atoms with Gasteiger partial charge in [0.1, 0.15) is 0 Å². The minimum Gasteiger partial charge on any atom is -0.481 e. The second kappa shape index (κ2) is 5.58. The van der Waals surface area contributed by atoms with Crippen LogP contribution >= 0.6 is 0 Å². The van der Waals surface area contributed by atoms with E-state index in [2.05, 4.69) is 0 Å². The molecule has 2 nitrogen and oxygen atoms in total. The number of halogens is 2. The lowest BCUT2D eigenvalue weighted by molar-refractivity contribution is -0.143. The van der Waals surface area contributed by atoms with Gasteiger partial charge in [0.2, 0.25) is 6.43 Å². The highest BCUT2D eigenvalue weighted by molar-refractivity contribution is 5.70. The number of benzene rings is 1. The van der Waals surface area contributed by atoms with Gasteiger partial charge in [-0.25, -0.2) is 8.78 Å². The Morgan fingerprint density at radius 3 is 2.31 bits per heavy atom. The number of hydrogen-bond acceptors (Lipinski definition) is 1. The van der Waals surface area contributed by atoms with Crippen molar-refractivity contribution in [2.24, 2.45) is 5.92 Å². The molecule has 0 heterocycles. The van der Waals surface area contributed by atoms with Gasteiger partial charge in [-0.05, 0) is 18.9 Å². The van der Waals surface area contributed by atoms with Gasteiger partial charge in [0.25, 0.3) is 0 Å². The summed E-state index contributed by atoms with van der Waals surface area (Å²) in [4.78, 5) is 10.8. The minimum absolute atomic E-state index is 0.153. The first-order chi connectivity index (χ1) is 7.49. The monoisotopic (exact) mass is 228 g/mol. The van der Waals surface area contributed by atoms with Crippen molar-refractivity contribution in [3.8, 4) is 0 Å². The van der Waals surface area contributed by atoms with Crippen LogP contribution in [0.1, 0.15) is 17.5 Å². The van der Waals surface area contributed by atoms with E-state index in [1.54, 1.807) is 12.1 Å². The maximum Gasteiger partial charge on any atom is 0.307 e. The highest BCUT2D eigenvalue weighted by Gasteiger charge is 2.22. The fraction of sp³-hybridized carbons (Fsp3) is 0.417. The summed E-state index contributed by atoms with van der Waals surface area (Å²) in [5.74, 6) is -2.18. The summed E-state index contributed by atoms with van der Waals surface area (Å²) in [6.07, 6.45) is -3.02. The van der Waals surface area contributed by atoms with Crippen molar-refractivity contribution >= 4 is 5.97 Å². The molecule has 1 atom stereocenters. The molecule has 0 aliphatic rings. The molecule has 1 N–H and O–H groups in total. The Morgan fingerprint density at radius 1 is 1.31 bits per heavy atom. The first-order valence-electron chi connectivity index (χ1n) is 5.05. The third-order valence-corrected chi connectivity index (χ3v) is 2.41. The van der Waals surface area contributed by atoms with Crippen LogP contribution in [0, 0.1) is 12.8 Å². The predicted molar refractivity (Wildman–Crippen MR) is 56.6 cm³/mol. The summed E-state index contributed by atoms with van der Waals surface area (Å²) < 4.78 is 24.3. The molecule has 0 spiro atoms. The maximum absolute atomic E-state index is 12.1. The van der Waals surface area contributed by atoms with E-state index in [-0.39, 0.29) is 6.42 Å². The van der Waals surface area contributed by atoms with Crippen molar-refractivity contribution in [3.05, 3.63) is 35.4 Å². The van der Waals surface area contributed by atoms with Crippen LogP contribution in [0.2, 0.25) is 0 Å². The standard InChI is InChI=1S/C12H14F2O2/c1-8-2-4-9(5-3-8)6-10(12(15)16)7-11(13)14/h2-5,10-11H,6-7H2,1H3,(H,15,16). The van der Waals surface area contributed by atoms with Gasteiger partial charge in [0.15, 0.2) is 0 Å². The smallest absolute Gasteiger partial charge is 0.307 e.